The first kappa shape index (κ1) is 11.0. The van der Waals surface area contributed by atoms with Gasteiger partial charge in [0.1, 0.15) is 0 Å². The molecule has 0 aliphatic heterocycles. The summed E-state index contributed by atoms with van der Waals surface area (Å²) >= 11 is 0. The molecule has 1 fully saturated rings. The van der Waals surface area contributed by atoms with Crippen molar-refractivity contribution in [1.82, 2.24) is 0 Å². The van der Waals surface area contributed by atoms with Gasteiger partial charge in [-0.15, -0.1) is 0 Å². The van der Waals surface area contributed by atoms with Gasteiger partial charge in [-0.05, 0) is 19.3 Å². The first-order valence-corrected chi connectivity index (χ1v) is 4.91. The Hall–Kier alpha value is -1.06. The Labute approximate surface area is 83.2 Å². The fourth-order valence-electron chi connectivity index (χ4n) is 2.07. The number of aliphatic carboxylic acids is 1. The van der Waals surface area contributed by atoms with Crippen molar-refractivity contribution >= 4 is 11.9 Å². The molecule has 0 bridgehead atoms. The summed E-state index contributed by atoms with van der Waals surface area (Å²) in [4.78, 5) is 22.0. The lowest BCUT2D eigenvalue weighted by Gasteiger charge is -2.22. The molecule has 0 radical (unpaired) electrons. The highest BCUT2D eigenvalue weighted by Gasteiger charge is 2.41. The van der Waals surface area contributed by atoms with Crippen molar-refractivity contribution < 1.29 is 19.4 Å². The van der Waals surface area contributed by atoms with Gasteiger partial charge in [0.05, 0.1) is 12.5 Å². The highest BCUT2D eigenvalue weighted by atomic mass is 16.5. The minimum absolute atomic E-state index is 0.211. The predicted octanol–water partition coefficient (Wildman–Crippen LogP) is 1.58. The van der Waals surface area contributed by atoms with Crippen LogP contribution in [0.1, 0.15) is 38.5 Å². The van der Waals surface area contributed by atoms with E-state index in [0.717, 1.165) is 12.8 Å². The summed E-state index contributed by atoms with van der Waals surface area (Å²) in [5.74, 6) is -1.09. The molecule has 0 aromatic carbocycles. The fourth-order valence-corrected chi connectivity index (χ4v) is 2.07. The minimum atomic E-state index is -0.765. The molecule has 0 aromatic heterocycles. The summed E-state index contributed by atoms with van der Waals surface area (Å²) in [6, 6.07) is 0. The zero-order valence-electron chi connectivity index (χ0n) is 8.41. The minimum Gasteiger partial charge on any atom is -0.481 e. The number of carboxylic acid groups (broad SMARTS) is 1. The lowest BCUT2D eigenvalue weighted by molar-refractivity contribution is -0.150. The zero-order chi connectivity index (χ0) is 10.6. The van der Waals surface area contributed by atoms with E-state index < -0.39 is 11.4 Å². The van der Waals surface area contributed by atoms with Crippen LogP contribution in [0.15, 0.2) is 0 Å². The molecule has 0 spiro atoms. The fraction of sp³-hybridized carbons (Fsp3) is 0.800. The molecule has 4 heteroatoms. The van der Waals surface area contributed by atoms with Crippen LogP contribution in [0.4, 0.5) is 0 Å². The Morgan fingerprint density at radius 3 is 2.36 bits per heavy atom. The second-order valence-corrected chi connectivity index (χ2v) is 3.87. The molecule has 1 aliphatic carbocycles. The summed E-state index contributed by atoms with van der Waals surface area (Å²) in [5.41, 5.74) is -0.659. The lowest BCUT2D eigenvalue weighted by atomic mass is 9.82. The second kappa shape index (κ2) is 4.44. The average Bonchev–Trinajstić information content (AvgIpc) is 2.64. The summed E-state index contributed by atoms with van der Waals surface area (Å²) in [6.45, 7) is 0. The smallest absolute Gasteiger partial charge is 0.309 e. The highest BCUT2D eigenvalue weighted by molar-refractivity contribution is 5.76. The molecule has 0 amide bonds. The van der Waals surface area contributed by atoms with Gasteiger partial charge in [0, 0.05) is 6.42 Å². The third-order valence-electron chi connectivity index (χ3n) is 3.05. The molecule has 0 atom stereocenters. The molecule has 0 unspecified atom stereocenters. The van der Waals surface area contributed by atoms with Crippen LogP contribution in [0, 0.1) is 5.41 Å². The number of hydrogen-bond acceptors (Lipinski definition) is 3. The molecule has 0 saturated heterocycles. The van der Waals surface area contributed by atoms with Gasteiger partial charge in [-0.25, -0.2) is 0 Å². The number of carboxylic acids is 1. The molecule has 0 heterocycles. The monoisotopic (exact) mass is 200 g/mol. The van der Waals surface area contributed by atoms with Gasteiger partial charge >= 0.3 is 11.9 Å². The maximum atomic E-state index is 11.1. The molecular weight excluding hydrogens is 184 g/mol. The van der Waals surface area contributed by atoms with Crippen molar-refractivity contribution in [2.75, 3.05) is 7.11 Å². The van der Waals surface area contributed by atoms with Crippen LogP contribution in [0.3, 0.4) is 0 Å². The number of rotatable bonds is 4. The zero-order valence-corrected chi connectivity index (χ0v) is 8.41. The third-order valence-corrected chi connectivity index (χ3v) is 3.05. The summed E-state index contributed by atoms with van der Waals surface area (Å²) in [6.07, 6.45) is 3.91. The van der Waals surface area contributed by atoms with Crippen LogP contribution in [-0.4, -0.2) is 24.2 Å². The maximum absolute atomic E-state index is 11.1. The molecule has 1 aliphatic rings. The molecule has 4 nitrogen and oxygen atoms in total. The van der Waals surface area contributed by atoms with Crippen LogP contribution < -0.4 is 0 Å². The quantitative estimate of drug-likeness (QED) is 0.700. The van der Waals surface area contributed by atoms with Gasteiger partial charge < -0.3 is 9.84 Å². The maximum Gasteiger partial charge on any atom is 0.309 e. The van der Waals surface area contributed by atoms with E-state index in [0.29, 0.717) is 19.3 Å². The van der Waals surface area contributed by atoms with E-state index >= 15 is 0 Å². The Morgan fingerprint density at radius 1 is 1.36 bits per heavy atom. The highest BCUT2D eigenvalue weighted by Crippen LogP contribution is 2.42. The Morgan fingerprint density at radius 2 is 1.93 bits per heavy atom. The van der Waals surface area contributed by atoms with Crippen LogP contribution in [0.2, 0.25) is 0 Å². The number of hydrogen-bond donors (Lipinski definition) is 1. The van der Waals surface area contributed by atoms with E-state index in [2.05, 4.69) is 4.74 Å². The number of carbonyl (C=O) groups is 2. The van der Waals surface area contributed by atoms with Crippen molar-refractivity contribution in [3.05, 3.63) is 0 Å². The third kappa shape index (κ3) is 2.25. The van der Waals surface area contributed by atoms with Crippen LogP contribution in [0.25, 0.3) is 0 Å². The molecule has 80 valence electrons. The number of ether oxygens (including phenoxy) is 1. The Bertz CT molecular complexity index is 228. The molecule has 0 aromatic rings. The van der Waals surface area contributed by atoms with Crippen LogP contribution >= 0.6 is 0 Å². The largest absolute Gasteiger partial charge is 0.481 e. The molecular formula is C10H16O4. The normalized spacial score (nSPS) is 19.2. The van der Waals surface area contributed by atoms with Crippen LogP contribution in [-0.2, 0) is 14.3 Å². The molecule has 1 N–H and O–H groups in total. The van der Waals surface area contributed by atoms with Crippen molar-refractivity contribution in [2.45, 2.75) is 38.5 Å². The molecule has 14 heavy (non-hydrogen) atoms. The Balaban J connectivity index is 2.52. The van der Waals surface area contributed by atoms with Crippen molar-refractivity contribution in [3.8, 4) is 0 Å². The van der Waals surface area contributed by atoms with E-state index in [4.69, 9.17) is 5.11 Å². The number of carbonyl (C=O) groups excluding carboxylic acids is 1. The van der Waals surface area contributed by atoms with Crippen molar-refractivity contribution in [3.63, 3.8) is 0 Å². The van der Waals surface area contributed by atoms with Gasteiger partial charge in [0.25, 0.3) is 0 Å². The SMILES string of the molecule is COC(=O)CCC1(C(=O)O)CCCC1. The van der Waals surface area contributed by atoms with E-state index in [9.17, 15) is 9.59 Å². The van der Waals surface area contributed by atoms with E-state index in [1.54, 1.807) is 0 Å². The van der Waals surface area contributed by atoms with Crippen molar-refractivity contribution in [2.24, 2.45) is 5.41 Å². The lowest BCUT2D eigenvalue weighted by Crippen LogP contribution is -2.28. The van der Waals surface area contributed by atoms with Gasteiger partial charge in [-0.2, -0.15) is 0 Å². The number of methoxy groups -OCH3 is 1. The van der Waals surface area contributed by atoms with E-state index in [1.165, 1.54) is 7.11 Å². The first-order valence-electron chi connectivity index (χ1n) is 4.91. The van der Waals surface area contributed by atoms with E-state index in [-0.39, 0.29) is 12.4 Å². The number of esters is 1. The Kier molecular flexibility index (Phi) is 3.49. The second-order valence-electron chi connectivity index (χ2n) is 3.87. The van der Waals surface area contributed by atoms with Crippen molar-refractivity contribution in [1.29, 1.82) is 0 Å². The topological polar surface area (TPSA) is 63.6 Å². The van der Waals surface area contributed by atoms with Crippen LogP contribution in [0.5, 0.6) is 0 Å². The van der Waals surface area contributed by atoms with Gasteiger partial charge in [0.2, 0.25) is 0 Å². The summed E-state index contributed by atoms with van der Waals surface area (Å²) in [7, 11) is 1.32. The van der Waals surface area contributed by atoms with Gasteiger partial charge in [-0.1, -0.05) is 12.8 Å². The molecule has 1 saturated carbocycles. The summed E-state index contributed by atoms with van der Waals surface area (Å²) < 4.78 is 4.50. The first-order chi connectivity index (χ1) is 6.60. The van der Waals surface area contributed by atoms with E-state index in [1.807, 2.05) is 0 Å². The standard InChI is InChI=1S/C10H16O4/c1-14-8(11)4-7-10(9(12)13)5-2-3-6-10/h2-7H2,1H3,(H,12,13). The van der Waals surface area contributed by atoms with Gasteiger partial charge in [0.15, 0.2) is 0 Å². The predicted molar refractivity (Wildman–Crippen MR) is 49.8 cm³/mol. The summed E-state index contributed by atoms with van der Waals surface area (Å²) in [5, 5.41) is 9.10. The van der Waals surface area contributed by atoms with Gasteiger partial charge in [-0.3, -0.25) is 9.59 Å². The molecule has 1 rings (SSSR count). The average molecular weight is 200 g/mol.